The molecule has 2 heteroatoms. The third kappa shape index (κ3) is 4.43. The molecule has 0 aromatic heterocycles. The molecule has 1 rings (SSSR count). The lowest BCUT2D eigenvalue weighted by Crippen LogP contribution is -2.39. The van der Waals surface area contributed by atoms with Crippen LogP contribution in [-0.2, 0) is 4.74 Å². The molecule has 84 valence electrons. The molecule has 0 radical (unpaired) electrons. The van der Waals surface area contributed by atoms with Crippen molar-refractivity contribution in [3.05, 3.63) is 0 Å². The molecule has 2 unspecified atom stereocenters. The normalized spacial score (nSPS) is 27.9. The second-order valence-electron chi connectivity index (χ2n) is 4.28. The molecule has 2 atom stereocenters. The molecule has 1 aliphatic heterocycles. The van der Waals surface area contributed by atoms with Crippen molar-refractivity contribution in [1.29, 1.82) is 0 Å². The zero-order chi connectivity index (χ0) is 10.2. The Morgan fingerprint density at radius 3 is 2.86 bits per heavy atom. The Hall–Kier alpha value is -0.0800. The fourth-order valence-electron chi connectivity index (χ4n) is 2.03. The first-order valence-corrected chi connectivity index (χ1v) is 6.21. The molecule has 1 heterocycles. The molecule has 1 saturated heterocycles. The maximum absolute atomic E-state index is 5.64. The summed E-state index contributed by atoms with van der Waals surface area (Å²) in [5, 5.41) is 3.64. The topological polar surface area (TPSA) is 21.3 Å². The van der Waals surface area contributed by atoms with Crippen molar-refractivity contribution in [3.63, 3.8) is 0 Å². The average Bonchev–Trinajstić information content (AvgIpc) is 2.25. The Morgan fingerprint density at radius 2 is 2.14 bits per heavy atom. The van der Waals surface area contributed by atoms with Gasteiger partial charge in [-0.3, -0.25) is 0 Å². The van der Waals surface area contributed by atoms with E-state index in [-0.39, 0.29) is 0 Å². The number of ether oxygens (including phenoxy) is 1. The first-order valence-electron chi connectivity index (χ1n) is 6.21. The van der Waals surface area contributed by atoms with Gasteiger partial charge >= 0.3 is 0 Å². The average molecular weight is 199 g/mol. The van der Waals surface area contributed by atoms with Crippen LogP contribution < -0.4 is 5.32 Å². The van der Waals surface area contributed by atoms with Gasteiger partial charge in [0.2, 0.25) is 0 Å². The van der Waals surface area contributed by atoms with E-state index in [0.29, 0.717) is 12.1 Å². The summed E-state index contributed by atoms with van der Waals surface area (Å²) in [5.41, 5.74) is 0. The van der Waals surface area contributed by atoms with Crippen molar-refractivity contribution in [2.45, 2.75) is 64.5 Å². The first kappa shape index (κ1) is 12.0. The fourth-order valence-corrected chi connectivity index (χ4v) is 2.03. The standard InChI is InChI=1S/C12H25NO/c1-3-5-6-8-13-11-7-9-14-12(4-2)10-11/h11-13H,3-10H2,1-2H3. The summed E-state index contributed by atoms with van der Waals surface area (Å²) in [6.45, 7) is 6.60. The Bertz CT molecular complexity index is 138. The van der Waals surface area contributed by atoms with E-state index in [4.69, 9.17) is 4.74 Å². The summed E-state index contributed by atoms with van der Waals surface area (Å²) < 4.78 is 5.64. The second-order valence-corrected chi connectivity index (χ2v) is 4.28. The van der Waals surface area contributed by atoms with Gasteiger partial charge in [-0.1, -0.05) is 26.7 Å². The van der Waals surface area contributed by atoms with Crippen LogP contribution in [0.4, 0.5) is 0 Å². The van der Waals surface area contributed by atoms with Crippen LogP contribution in [0.25, 0.3) is 0 Å². The highest BCUT2D eigenvalue weighted by Crippen LogP contribution is 2.16. The largest absolute Gasteiger partial charge is 0.378 e. The van der Waals surface area contributed by atoms with E-state index in [1.807, 2.05) is 0 Å². The maximum atomic E-state index is 5.64. The van der Waals surface area contributed by atoms with E-state index in [0.717, 1.165) is 13.0 Å². The molecule has 1 aliphatic rings. The van der Waals surface area contributed by atoms with E-state index in [2.05, 4.69) is 19.2 Å². The van der Waals surface area contributed by atoms with Gasteiger partial charge in [0.1, 0.15) is 0 Å². The molecule has 2 nitrogen and oxygen atoms in total. The van der Waals surface area contributed by atoms with Gasteiger partial charge in [0, 0.05) is 12.6 Å². The van der Waals surface area contributed by atoms with Crippen LogP contribution in [0.2, 0.25) is 0 Å². The summed E-state index contributed by atoms with van der Waals surface area (Å²) >= 11 is 0. The number of unbranched alkanes of at least 4 members (excludes halogenated alkanes) is 2. The van der Waals surface area contributed by atoms with Gasteiger partial charge in [-0.15, -0.1) is 0 Å². The number of rotatable bonds is 6. The molecule has 0 bridgehead atoms. The molecular weight excluding hydrogens is 174 g/mol. The minimum atomic E-state index is 0.507. The summed E-state index contributed by atoms with van der Waals surface area (Å²) in [4.78, 5) is 0. The predicted molar refractivity (Wildman–Crippen MR) is 60.6 cm³/mol. The van der Waals surface area contributed by atoms with Crippen molar-refractivity contribution >= 4 is 0 Å². The van der Waals surface area contributed by atoms with Crippen LogP contribution in [0.3, 0.4) is 0 Å². The van der Waals surface area contributed by atoms with Gasteiger partial charge in [0.25, 0.3) is 0 Å². The van der Waals surface area contributed by atoms with Crippen molar-refractivity contribution < 1.29 is 4.74 Å². The second kappa shape index (κ2) is 7.24. The van der Waals surface area contributed by atoms with Gasteiger partial charge in [0.05, 0.1) is 6.10 Å². The summed E-state index contributed by atoms with van der Waals surface area (Å²) in [6, 6.07) is 0.713. The van der Waals surface area contributed by atoms with E-state index in [1.54, 1.807) is 0 Å². The Morgan fingerprint density at radius 1 is 1.29 bits per heavy atom. The number of hydrogen-bond donors (Lipinski definition) is 1. The maximum Gasteiger partial charge on any atom is 0.0587 e. The van der Waals surface area contributed by atoms with Crippen molar-refractivity contribution in [2.75, 3.05) is 13.2 Å². The monoisotopic (exact) mass is 199 g/mol. The molecule has 0 aromatic rings. The zero-order valence-corrected chi connectivity index (χ0v) is 9.72. The van der Waals surface area contributed by atoms with Gasteiger partial charge in [-0.05, 0) is 32.2 Å². The van der Waals surface area contributed by atoms with E-state index in [9.17, 15) is 0 Å². The van der Waals surface area contributed by atoms with Crippen LogP contribution in [0, 0.1) is 0 Å². The minimum Gasteiger partial charge on any atom is -0.378 e. The van der Waals surface area contributed by atoms with E-state index >= 15 is 0 Å². The molecular formula is C12H25NO. The molecule has 0 aromatic carbocycles. The van der Waals surface area contributed by atoms with Crippen LogP contribution >= 0.6 is 0 Å². The van der Waals surface area contributed by atoms with Crippen molar-refractivity contribution in [3.8, 4) is 0 Å². The quantitative estimate of drug-likeness (QED) is 0.664. The molecule has 14 heavy (non-hydrogen) atoms. The zero-order valence-electron chi connectivity index (χ0n) is 9.72. The van der Waals surface area contributed by atoms with Crippen molar-refractivity contribution in [1.82, 2.24) is 5.32 Å². The van der Waals surface area contributed by atoms with Gasteiger partial charge < -0.3 is 10.1 Å². The Labute approximate surface area is 88.4 Å². The lowest BCUT2D eigenvalue weighted by atomic mass is 10.0. The minimum absolute atomic E-state index is 0.507. The predicted octanol–water partition coefficient (Wildman–Crippen LogP) is 2.72. The smallest absolute Gasteiger partial charge is 0.0587 e. The lowest BCUT2D eigenvalue weighted by Gasteiger charge is -2.29. The summed E-state index contributed by atoms with van der Waals surface area (Å²) in [6.07, 6.45) is 8.07. The third-order valence-corrected chi connectivity index (χ3v) is 3.04. The summed E-state index contributed by atoms with van der Waals surface area (Å²) in [5.74, 6) is 0. The van der Waals surface area contributed by atoms with Gasteiger partial charge in [0.15, 0.2) is 0 Å². The molecule has 1 N–H and O–H groups in total. The molecule has 0 spiro atoms. The fraction of sp³-hybridized carbons (Fsp3) is 1.00. The SMILES string of the molecule is CCCCCNC1CCOC(CC)C1. The molecule has 0 saturated carbocycles. The molecule has 0 aliphatic carbocycles. The van der Waals surface area contributed by atoms with Crippen LogP contribution in [0.1, 0.15) is 52.4 Å². The van der Waals surface area contributed by atoms with Crippen molar-refractivity contribution in [2.24, 2.45) is 0 Å². The van der Waals surface area contributed by atoms with Gasteiger partial charge in [-0.25, -0.2) is 0 Å². The highest BCUT2D eigenvalue weighted by molar-refractivity contribution is 4.75. The first-order chi connectivity index (χ1) is 6.86. The Balaban J connectivity index is 2.05. The lowest BCUT2D eigenvalue weighted by molar-refractivity contribution is 0.00000286. The van der Waals surface area contributed by atoms with Gasteiger partial charge in [-0.2, -0.15) is 0 Å². The van der Waals surface area contributed by atoms with E-state index < -0.39 is 0 Å². The third-order valence-electron chi connectivity index (χ3n) is 3.04. The number of hydrogen-bond acceptors (Lipinski definition) is 2. The number of nitrogens with one attached hydrogen (secondary N) is 1. The van der Waals surface area contributed by atoms with E-state index in [1.165, 1.54) is 38.6 Å². The molecule has 0 amide bonds. The van der Waals surface area contributed by atoms with Crippen LogP contribution in [0.15, 0.2) is 0 Å². The highest BCUT2D eigenvalue weighted by atomic mass is 16.5. The summed E-state index contributed by atoms with van der Waals surface area (Å²) in [7, 11) is 0. The molecule has 1 fully saturated rings. The van der Waals surface area contributed by atoms with Crippen LogP contribution in [-0.4, -0.2) is 25.3 Å². The van der Waals surface area contributed by atoms with Crippen LogP contribution in [0.5, 0.6) is 0 Å². The Kier molecular flexibility index (Phi) is 6.20. The highest BCUT2D eigenvalue weighted by Gasteiger charge is 2.20.